The Bertz CT molecular complexity index is 1220. The van der Waals surface area contributed by atoms with E-state index >= 15 is 0 Å². The molecule has 35 heavy (non-hydrogen) atoms. The molecule has 4 rings (SSSR count). The van der Waals surface area contributed by atoms with E-state index in [1.165, 1.54) is 18.3 Å². The number of anilines is 3. The second-order valence-corrected chi connectivity index (χ2v) is 9.28. The maximum absolute atomic E-state index is 13.5. The number of pyridine rings is 1. The number of hydrogen-bond acceptors (Lipinski definition) is 7. The Morgan fingerprint density at radius 3 is 2.49 bits per heavy atom. The Morgan fingerprint density at radius 2 is 1.89 bits per heavy atom. The van der Waals surface area contributed by atoms with Crippen LogP contribution in [0, 0.1) is 12.7 Å². The van der Waals surface area contributed by atoms with Crippen LogP contribution in [0.25, 0.3) is 11.3 Å². The summed E-state index contributed by atoms with van der Waals surface area (Å²) in [5.74, 6) is 0.977. The van der Waals surface area contributed by atoms with Gasteiger partial charge in [-0.25, -0.2) is 19.2 Å². The van der Waals surface area contributed by atoms with Gasteiger partial charge in [0.2, 0.25) is 5.95 Å². The fourth-order valence-corrected chi connectivity index (χ4v) is 4.23. The van der Waals surface area contributed by atoms with Crippen molar-refractivity contribution in [2.75, 3.05) is 41.4 Å². The van der Waals surface area contributed by atoms with E-state index in [1.54, 1.807) is 18.2 Å². The minimum atomic E-state index is -0.978. The highest BCUT2D eigenvalue weighted by Gasteiger charge is 2.28. The van der Waals surface area contributed by atoms with Gasteiger partial charge in [0.15, 0.2) is 0 Å². The van der Waals surface area contributed by atoms with E-state index < -0.39 is 5.97 Å². The molecular weight excluding hydrogens is 447 g/mol. The van der Waals surface area contributed by atoms with Crippen LogP contribution in [0.1, 0.15) is 36.7 Å². The first kappa shape index (κ1) is 24.4. The van der Waals surface area contributed by atoms with E-state index in [0.717, 1.165) is 35.0 Å². The number of rotatable bonds is 6. The highest BCUT2D eigenvalue weighted by atomic mass is 19.1. The minimum absolute atomic E-state index is 0.122. The van der Waals surface area contributed by atoms with Crippen LogP contribution in [0.3, 0.4) is 0 Å². The molecular formula is C26H31FN6O2. The SMILES string of the molecule is Cc1cc(C(=O)O)cnc1N1CCN(c2cc(-c3ccc(F)cc3)nc(N(C)C(C)C)n2)C(C)C1. The molecule has 3 aromatic rings. The lowest BCUT2D eigenvalue weighted by Crippen LogP contribution is -2.53. The number of aromatic carboxylic acids is 1. The maximum atomic E-state index is 13.5. The molecule has 0 amide bonds. The largest absolute Gasteiger partial charge is 0.478 e. The summed E-state index contributed by atoms with van der Waals surface area (Å²) in [6.07, 6.45) is 1.41. The van der Waals surface area contributed by atoms with Crippen LogP contribution in [0.2, 0.25) is 0 Å². The monoisotopic (exact) mass is 478 g/mol. The summed E-state index contributed by atoms with van der Waals surface area (Å²) < 4.78 is 13.5. The third-order valence-corrected chi connectivity index (χ3v) is 6.45. The van der Waals surface area contributed by atoms with Crippen LogP contribution < -0.4 is 14.7 Å². The third-order valence-electron chi connectivity index (χ3n) is 6.45. The van der Waals surface area contributed by atoms with E-state index in [-0.39, 0.29) is 23.5 Å². The highest BCUT2D eigenvalue weighted by Crippen LogP contribution is 2.29. The average Bonchev–Trinajstić information content (AvgIpc) is 2.83. The Labute approximate surface area is 205 Å². The fraction of sp³-hybridized carbons (Fsp3) is 0.385. The first-order valence-electron chi connectivity index (χ1n) is 11.7. The number of aromatic nitrogens is 3. The fourth-order valence-electron chi connectivity index (χ4n) is 4.23. The predicted molar refractivity (Wildman–Crippen MR) is 136 cm³/mol. The molecule has 1 N–H and O–H groups in total. The smallest absolute Gasteiger partial charge is 0.337 e. The van der Waals surface area contributed by atoms with E-state index in [1.807, 2.05) is 24.9 Å². The van der Waals surface area contributed by atoms with E-state index in [2.05, 4.69) is 35.6 Å². The van der Waals surface area contributed by atoms with E-state index in [9.17, 15) is 14.3 Å². The second kappa shape index (κ2) is 9.85. The normalized spacial score (nSPS) is 16.0. The Kier molecular flexibility index (Phi) is 6.86. The van der Waals surface area contributed by atoms with Crippen LogP contribution in [0.15, 0.2) is 42.6 Å². The summed E-state index contributed by atoms with van der Waals surface area (Å²) >= 11 is 0. The average molecular weight is 479 g/mol. The number of carbonyl (C=O) groups is 1. The Hall–Kier alpha value is -3.75. The van der Waals surface area contributed by atoms with Gasteiger partial charge in [0.05, 0.1) is 11.3 Å². The molecule has 1 unspecified atom stereocenters. The highest BCUT2D eigenvalue weighted by molar-refractivity contribution is 5.87. The van der Waals surface area contributed by atoms with Gasteiger partial charge < -0.3 is 19.8 Å². The third kappa shape index (κ3) is 5.18. The standard InChI is InChI=1S/C26H31FN6O2/c1-16(2)31(5)26-29-22(19-6-8-21(27)9-7-19)13-23(30-26)33-11-10-32(15-18(33)4)24-17(3)12-20(14-28-24)25(34)35/h6-9,12-14,16,18H,10-11,15H2,1-5H3,(H,34,35). The zero-order chi connectivity index (χ0) is 25.3. The molecule has 1 atom stereocenters. The van der Waals surface area contributed by atoms with Gasteiger partial charge in [-0.05, 0) is 63.6 Å². The van der Waals surface area contributed by atoms with E-state index in [0.29, 0.717) is 19.0 Å². The van der Waals surface area contributed by atoms with Crippen molar-refractivity contribution in [3.05, 3.63) is 59.5 Å². The molecule has 1 aromatic carbocycles. The molecule has 1 saturated heterocycles. The first-order valence-corrected chi connectivity index (χ1v) is 11.7. The minimum Gasteiger partial charge on any atom is -0.478 e. The van der Waals surface area contributed by atoms with Crippen LogP contribution >= 0.6 is 0 Å². The van der Waals surface area contributed by atoms with Crippen molar-refractivity contribution in [3.8, 4) is 11.3 Å². The van der Waals surface area contributed by atoms with Crippen molar-refractivity contribution in [2.24, 2.45) is 0 Å². The lowest BCUT2D eigenvalue weighted by atomic mass is 10.1. The number of piperazine rings is 1. The van der Waals surface area contributed by atoms with Crippen molar-refractivity contribution in [1.82, 2.24) is 15.0 Å². The molecule has 2 aromatic heterocycles. The molecule has 1 aliphatic rings. The lowest BCUT2D eigenvalue weighted by Gasteiger charge is -2.41. The van der Waals surface area contributed by atoms with Crippen LogP contribution in [-0.2, 0) is 0 Å². The quantitative estimate of drug-likeness (QED) is 0.563. The molecule has 0 saturated carbocycles. The van der Waals surface area contributed by atoms with Crippen molar-refractivity contribution in [2.45, 2.75) is 39.8 Å². The number of carboxylic acid groups (broad SMARTS) is 1. The summed E-state index contributed by atoms with van der Waals surface area (Å²) in [5, 5.41) is 9.23. The maximum Gasteiger partial charge on any atom is 0.337 e. The van der Waals surface area contributed by atoms with Crippen LogP contribution in [0.4, 0.5) is 22.0 Å². The van der Waals surface area contributed by atoms with Gasteiger partial charge in [0.1, 0.15) is 17.5 Å². The molecule has 3 heterocycles. The van der Waals surface area contributed by atoms with Crippen molar-refractivity contribution < 1.29 is 14.3 Å². The number of hydrogen-bond donors (Lipinski definition) is 1. The van der Waals surface area contributed by atoms with Crippen LogP contribution in [-0.4, -0.2) is 64.8 Å². The summed E-state index contributed by atoms with van der Waals surface area (Å²) in [6, 6.07) is 10.3. The summed E-state index contributed by atoms with van der Waals surface area (Å²) in [6.45, 7) is 10.3. The summed E-state index contributed by atoms with van der Waals surface area (Å²) in [7, 11) is 1.97. The first-order chi connectivity index (χ1) is 16.6. The zero-order valence-electron chi connectivity index (χ0n) is 20.7. The van der Waals surface area contributed by atoms with Gasteiger partial charge in [-0.3, -0.25) is 0 Å². The molecule has 1 aliphatic heterocycles. The van der Waals surface area contributed by atoms with Gasteiger partial charge in [-0.15, -0.1) is 0 Å². The number of aryl methyl sites for hydroxylation is 1. The van der Waals surface area contributed by atoms with Gasteiger partial charge in [0, 0.05) is 56.6 Å². The van der Waals surface area contributed by atoms with Gasteiger partial charge in [-0.1, -0.05) is 0 Å². The van der Waals surface area contributed by atoms with Gasteiger partial charge in [0.25, 0.3) is 0 Å². The predicted octanol–water partition coefficient (Wildman–Crippen LogP) is 4.24. The van der Waals surface area contributed by atoms with Gasteiger partial charge >= 0.3 is 5.97 Å². The molecule has 1 fully saturated rings. The van der Waals surface area contributed by atoms with Crippen molar-refractivity contribution in [3.63, 3.8) is 0 Å². The Balaban J connectivity index is 1.63. The number of nitrogens with zero attached hydrogens (tertiary/aromatic N) is 6. The molecule has 9 heteroatoms. The van der Waals surface area contributed by atoms with E-state index in [4.69, 9.17) is 9.97 Å². The number of halogens is 1. The molecule has 0 spiro atoms. The van der Waals surface area contributed by atoms with Crippen molar-refractivity contribution >= 4 is 23.6 Å². The zero-order valence-corrected chi connectivity index (χ0v) is 20.7. The molecule has 0 aliphatic carbocycles. The molecule has 0 bridgehead atoms. The van der Waals surface area contributed by atoms with Gasteiger partial charge in [-0.2, -0.15) is 4.98 Å². The number of carboxylic acids is 1. The summed E-state index contributed by atoms with van der Waals surface area (Å²) in [4.78, 5) is 31.8. The molecule has 184 valence electrons. The topological polar surface area (TPSA) is 85.7 Å². The second-order valence-electron chi connectivity index (χ2n) is 9.28. The summed E-state index contributed by atoms with van der Waals surface area (Å²) in [5.41, 5.74) is 2.60. The number of benzene rings is 1. The molecule has 8 nitrogen and oxygen atoms in total. The van der Waals surface area contributed by atoms with Crippen molar-refractivity contribution in [1.29, 1.82) is 0 Å². The Morgan fingerprint density at radius 1 is 1.17 bits per heavy atom. The molecule has 0 radical (unpaired) electrons. The van der Waals surface area contributed by atoms with Crippen LogP contribution in [0.5, 0.6) is 0 Å². The lowest BCUT2D eigenvalue weighted by molar-refractivity contribution is 0.0696.